The number of aryl methyl sites for hydroxylation is 1. The minimum absolute atomic E-state index is 0.492. The van der Waals surface area contributed by atoms with Crippen molar-refractivity contribution in [2.24, 2.45) is 0 Å². The summed E-state index contributed by atoms with van der Waals surface area (Å²) in [7, 11) is -1.31. The highest BCUT2D eigenvalue weighted by molar-refractivity contribution is 7.85. The molecule has 2 rings (SSSR count). The normalized spacial score (nSPS) is 12.4. The fraction of sp³-hybridized carbons (Fsp3) is 0.143. The molecule has 1 unspecified atom stereocenters. The van der Waals surface area contributed by atoms with Crippen LogP contribution < -0.4 is 0 Å². The smallest absolute Gasteiger partial charge is 0.116 e. The highest BCUT2D eigenvalue weighted by Crippen LogP contribution is 2.21. The molecule has 0 bridgehead atoms. The van der Waals surface area contributed by atoms with Gasteiger partial charge in [-0.05, 0) is 30.7 Å². The lowest BCUT2D eigenvalue weighted by atomic mass is 10.2. The van der Waals surface area contributed by atoms with Crippen molar-refractivity contribution in [2.45, 2.75) is 23.4 Å². The van der Waals surface area contributed by atoms with Crippen LogP contribution in [0.4, 0.5) is 4.39 Å². The van der Waals surface area contributed by atoms with E-state index in [2.05, 4.69) is 0 Å². The van der Waals surface area contributed by atoms with Crippen LogP contribution in [0.2, 0.25) is 0 Å². The van der Waals surface area contributed by atoms with Gasteiger partial charge in [-0.3, -0.25) is 0 Å². The number of hydrogen-bond acceptors (Lipinski definition) is 1. The summed E-state index contributed by atoms with van der Waals surface area (Å²) in [5.41, 5.74) is 1.61. The van der Waals surface area contributed by atoms with Gasteiger partial charge in [0.1, 0.15) is 6.67 Å². The van der Waals surface area contributed by atoms with E-state index < -0.39 is 17.5 Å². The predicted octanol–water partition coefficient (Wildman–Crippen LogP) is 3.63. The maximum Gasteiger partial charge on any atom is 0.116 e. The van der Waals surface area contributed by atoms with Crippen molar-refractivity contribution < 1.29 is 8.60 Å². The molecule has 0 aliphatic heterocycles. The van der Waals surface area contributed by atoms with Gasteiger partial charge in [-0.1, -0.05) is 35.9 Å². The van der Waals surface area contributed by atoms with Crippen molar-refractivity contribution in [3.05, 3.63) is 59.7 Å². The molecule has 1 nitrogen and oxygen atoms in total. The molecule has 2 aromatic carbocycles. The fourth-order valence-electron chi connectivity index (χ4n) is 1.58. The molecule has 0 N–H and O–H groups in total. The Bertz CT molecular complexity index is 534. The van der Waals surface area contributed by atoms with E-state index in [1.165, 1.54) is 0 Å². The van der Waals surface area contributed by atoms with E-state index in [-0.39, 0.29) is 0 Å². The van der Waals surface area contributed by atoms with Crippen LogP contribution in [0.25, 0.3) is 0 Å². The first-order valence-electron chi connectivity index (χ1n) is 5.34. The van der Waals surface area contributed by atoms with Crippen LogP contribution in [-0.2, 0) is 17.5 Å². The minimum Gasteiger partial charge on any atom is -0.249 e. The van der Waals surface area contributed by atoms with Crippen LogP contribution in [0.3, 0.4) is 0 Å². The zero-order chi connectivity index (χ0) is 12.3. The SMILES string of the molecule is Cc1ccc(S(=O)c2ccccc2CF)cc1. The number of benzene rings is 2. The van der Waals surface area contributed by atoms with Crippen molar-refractivity contribution in [3.8, 4) is 0 Å². The summed E-state index contributed by atoms with van der Waals surface area (Å²) in [6.45, 7) is 1.38. The van der Waals surface area contributed by atoms with Gasteiger partial charge in [0, 0.05) is 9.79 Å². The lowest BCUT2D eigenvalue weighted by Gasteiger charge is -2.06. The number of hydrogen-bond donors (Lipinski definition) is 0. The van der Waals surface area contributed by atoms with E-state index in [4.69, 9.17) is 0 Å². The van der Waals surface area contributed by atoms with Crippen LogP contribution in [0.5, 0.6) is 0 Å². The number of halogens is 1. The van der Waals surface area contributed by atoms with E-state index in [0.29, 0.717) is 15.4 Å². The van der Waals surface area contributed by atoms with E-state index >= 15 is 0 Å². The zero-order valence-electron chi connectivity index (χ0n) is 9.52. The molecule has 0 amide bonds. The molecule has 0 aliphatic carbocycles. The van der Waals surface area contributed by atoms with Gasteiger partial charge in [0.2, 0.25) is 0 Å². The number of alkyl halides is 1. The third-order valence-corrected chi connectivity index (χ3v) is 4.05. The monoisotopic (exact) mass is 248 g/mol. The number of rotatable bonds is 3. The molecule has 0 radical (unpaired) electrons. The Morgan fingerprint density at radius 2 is 1.71 bits per heavy atom. The lowest BCUT2D eigenvalue weighted by Crippen LogP contribution is -1.97. The summed E-state index contributed by atoms with van der Waals surface area (Å²) >= 11 is 0. The summed E-state index contributed by atoms with van der Waals surface area (Å²) in [6.07, 6.45) is 0. The molecule has 0 aliphatic rings. The van der Waals surface area contributed by atoms with Crippen molar-refractivity contribution >= 4 is 10.8 Å². The molecular formula is C14H13FOS. The maximum atomic E-state index is 12.8. The second-order valence-electron chi connectivity index (χ2n) is 3.82. The molecule has 2 aromatic rings. The summed E-state index contributed by atoms with van der Waals surface area (Å²) in [5, 5.41) is 0. The van der Waals surface area contributed by atoms with Crippen molar-refractivity contribution in [1.29, 1.82) is 0 Å². The average Bonchev–Trinajstić information content (AvgIpc) is 2.39. The van der Waals surface area contributed by atoms with Gasteiger partial charge in [-0.25, -0.2) is 8.60 Å². The predicted molar refractivity (Wildman–Crippen MR) is 67.1 cm³/mol. The molecule has 88 valence electrons. The largest absolute Gasteiger partial charge is 0.249 e. The maximum absolute atomic E-state index is 12.8. The second kappa shape index (κ2) is 5.23. The van der Waals surface area contributed by atoms with Crippen molar-refractivity contribution in [3.63, 3.8) is 0 Å². The van der Waals surface area contributed by atoms with Gasteiger partial charge < -0.3 is 0 Å². The summed E-state index contributed by atoms with van der Waals surface area (Å²) in [4.78, 5) is 1.26. The molecule has 0 heterocycles. The van der Waals surface area contributed by atoms with Gasteiger partial charge in [0.05, 0.1) is 10.8 Å². The van der Waals surface area contributed by atoms with E-state index in [1.54, 1.807) is 24.3 Å². The van der Waals surface area contributed by atoms with Crippen LogP contribution in [0.15, 0.2) is 58.3 Å². The lowest BCUT2D eigenvalue weighted by molar-refractivity contribution is 0.479. The Morgan fingerprint density at radius 1 is 1.06 bits per heavy atom. The van der Waals surface area contributed by atoms with E-state index in [0.717, 1.165) is 5.56 Å². The van der Waals surface area contributed by atoms with Crippen LogP contribution in [0, 0.1) is 6.92 Å². The quantitative estimate of drug-likeness (QED) is 0.810. The Labute approximate surface area is 103 Å². The summed E-state index contributed by atoms with van der Waals surface area (Å²) in [5.74, 6) is 0. The van der Waals surface area contributed by atoms with Crippen molar-refractivity contribution in [2.75, 3.05) is 0 Å². The molecule has 0 saturated heterocycles. The molecular weight excluding hydrogens is 235 g/mol. The topological polar surface area (TPSA) is 17.1 Å². The standard InChI is InChI=1S/C14H13FOS/c1-11-6-8-13(9-7-11)17(16)14-5-3-2-4-12(14)10-15/h2-9H,10H2,1H3. The zero-order valence-corrected chi connectivity index (χ0v) is 10.3. The summed E-state index contributed by atoms with van der Waals surface area (Å²) < 4.78 is 25.1. The molecule has 0 saturated carbocycles. The Hall–Kier alpha value is -1.48. The van der Waals surface area contributed by atoms with Gasteiger partial charge in [0.15, 0.2) is 0 Å². The highest BCUT2D eigenvalue weighted by Gasteiger charge is 2.10. The third-order valence-electron chi connectivity index (χ3n) is 2.55. The molecule has 0 spiro atoms. The van der Waals surface area contributed by atoms with Gasteiger partial charge in [0.25, 0.3) is 0 Å². The second-order valence-corrected chi connectivity index (χ2v) is 5.27. The van der Waals surface area contributed by atoms with E-state index in [1.807, 2.05) is 31.2 Å². The first-order chi connectivity index (χ1) is 8.22. The van der Waals surface area contributed by atoms with Gasteiger partial charge >= 0.3 is 0 Å². The molecule has 0 fully saturated rings. The van der Waals surface area contributed by atoms with Crippen LogP contribution >= 0.6 is 0 Å². The first-order valence-corrected chi connectivity index (χ1v) is 6.49. The Kier molecular flexibility index (Phi) is 3.69. The first kappa shape index (κ1) is 12.0. The van der Waals surface area contributed by atoms with Crippen molar-refractivity contribution in [1.82, 2.24) is 0 Å². The molecule has 0 aromatic heterocycles. The van der Waals surface area contributed by atoms with Gasteiger partial charge in [-0.15, -0.1) is 0 Å². The molecule has 3 heteroatoms. The summed E-state index contributed by atoms with van der Waals surface area (Å²) in [6, 6.07) is 14.4. The van der Waals surface area contributed by atoms with Gasteiger partial charge in [-0.2, -0.15) is 0 Å². The fourth-order valence-corrected chi connectivity index (χ4v) is 2.78. The van der Waals surface area contributed by atoms with E-state index in [9.17, 15) is 8.60 Å². The third kappa shape index (κ3) is 2.61. The Morgan fingerprint density at radius 3 is 2.35 bits per heavy atom. The highest BCUT2D eigenvalue weighted by atomic mass is 32.2. The van der Waals surface area contributed by atoms with Crippen LogP contribution in [0.1, 0.15) is 11.1 Å². The van der Waals surface area contributed by atoms with Crippen LogP contribution in [-0.4, -0.2) is 4.21 Å². The molecule has 1 atom stereocenters. The minimum atomic E-state index is -1.31. The molecule has 17 heavy (non-hydrogen) atoms. The average molecular weight is 248 g/mol. The Balaban J connectivity index is 2.40.